The molecule has 2 amide bonds. The average molecular weight is 427 g/mol. The van der Waals surface area contributed by atoms with Gasteiger partial charge in [0.2, 0.25) is 11.8 Å². The van der Waals surface area contributed by atoms with Crippen molar-refractivity contribution in [2.75, 3.05) is 19.6 Å². The smallest absolute Gasteiger partial charge is 0.229 e. The van der Waals surface area contributed by atoms with Crippen molar-refractivity contribution in [1.82, 2.24) is 10.2 Å². The molecule has 0 saturated carbocycles. The maximum atomic E-state index is 13.5. The highest BCUT2D eigenvalue weighted by atomic mass is 16.2. The van der Waals surface area contributed by atoms with Gasteiger partial charge in [-0.25, -0.2) is 0 Å². The molecule has 4 heteroatoms. The summed E-state index contributed by atoms with van der Waals surface area (Å²) < 4.78 is 0. The Labute approximate surface area is 189 Å². The first-order valence-corrected chi connectivity index (χ1v) is 11.7. The van der Waals surface area contributed by atoms with Gasteiger partial charge in [-0.1, -0.05) is 72.8 Å². The minimum absolute atomic E-state index is 0.0663. The van der Waals surface area contributed by atoms with Crippen molar-refractivity contribution >= 4 is 22.6 Å². The Balaban J connectivity index is 1.35. The van der Waals surface area contributed by atoms with Crippen molar-refractivity contribution < 1.29 is 9.59 Å². The van der Waals surface area contributed by atoms with Gasteiger partial charge >= 0.3 is 0 Å². The second-order valence-corrected chi connectivity index (χ2v) is 9.42. The van der Waals surface area contributed by atoms with Crippen LogP contribution in [0.15, 0.2) is 72.8 Å². The minimum atomic E-state index is -0.185. The Morgan fingerprint density at radius 1 is 0.969 bits per heavy atom. The van der Waals surface area contributed by atoms with Crippen molar-refractivity contribution in [3.8, 4) is 0 Å². The molecule has 0 unspecified atom stereocenters. The van der Waals surface area contributed by atoms with Crippen LogP contribution in [0, 0.1) is 5.41 Å². The lowest BCUT2D eigenvalue weighted by Gasteiger charge is -2.49. The zero-order valence-corrected chi connectivity index (χ0v) is 18.6. The molecular weight excluding hydrogens is 396 g/mol. The van der Waals surface area contributed by atoms with Gasteiger partial charge < -0.3 is 10.2 Å². The van der Waals surface area contributed by atoms with E-state index in [0.29, 0.717) is 32.0 Å². The van der Waals surface area contributed by atoms with Gasteiger partial charge in [0, 0.05) is 32.0 Å². The number of benzene rings is 3. The molecule has 2 fully saturated rings. The van der Waals surface area contributed by atoms with Crippen LogP contribution in [-0.4, -0.2) is 36.3 Å². The van der Waals surface area contributed by atoms with E-state index in [-0.39, 0.29) is 23.1 Å². The van der Waals surface area contributed by atoms with Gasteiger partial charge in [-0.15, -0.1) is 0 Å². The number of amides is 2. The van der Waals surface area contributed by atoms with E-state index in [2.05, 4.69) is 53.8 Å². The van der Waals surface area contributed by atoms with Gasteiger partial charge in [-0.2, -0.15) is 0 Å². The number of carbonyl (C=O) groups excluding carboxylic acids is 2. The van der Waals surface area contributed by atoms with Crippen LogP contribution in [0.4, 0.5) is 0 Å². The van der Waals surface area contributed by atoms with Gasteiger partial charge in [0.1, 0.15) is 0 Å². The molecule has 4 nitrogen and oxygen atoms in total. The van der Waals surface area contributed by atoms with Crippen LogP contribution in [0.3, 0.4) is 0 Å². The van der Waals surface area contributed by atoms with E-state index in [1.807, 2.05) is 36.1 Å². The van der Waals surface area contributed by atoms with E-state index in [1.54, 1.807) is 0 Å². The molecule has 164 valence electrons. The highest BCUT2D eigenvalue weighted by molar-refractivity contribution is 5.92. The van der Waals surface area contributed by atoms with Crippen LogP contribution >= 0.6 is 0 Å². The maximum absolute atomic E-state index is 13.5. The first kappa shape index (κ1) is 20.7. The van der Waals surface area contributed by atoms with Crippen LogP contribution in [0.2, 0.25) is 0 Å². The lowest BCUT2D eigenvalue weighted by Crippen LogP contribution is -2.53. The number of nitrogens with zero attached hydrogens (tertiary/aromatic N) is 1. The predicted molar refractivity (Wildman–Crippen MR) is 127 cm³/mol. The largest absolute Gasteiger partial charge is 0.355 e. The highest BCUT2D eigenvalue weighted by Crippen LogP contribution is 2.49. The Bertz CT molecular complexity index is 1130. The fraction of sp³-hybridized carbons (Fsp3) is 0.357. The van der Waals surface area contributed by atoms with Gasteiger partial charge in [0.05, 0.1) is 5.92 Å². The monoisotopic (exact) mass is 426 g/mol. The third-order valence-corrected chi connectivity index (χ3v) is 7.69. The third-order valence-electron chi connectivity index (χ3n) is 7.69. The second kappa shape index (κ2) is 8.42. The van der Waals surface area contributed by atoms with Crippen molar-refractivity contribution in [3.63, 3.8) is 0 Å². The highest BCUT2D eigenvalue weighted by Gasteiger charge is 2.47. The molecule has 0 aliphatic carbocycles. The molecule has 0 radical (unpaired) electrons. The standard InChI is InChI=1S/C28H30N2O2/c1-20(23-13-7-11-21-8-5-6-12-24(21)23)27(32)30-16-14-28(15-17-30)18-26(31)29-19-25(28)22-9-3-2-4-10-22/h2-13,20,25H,14-19H2,1H3,(H,29,31)/t20-,25-/m0/s1. The number of hydrogen-bond donors (Lipinski definition) is 1. The number of fused-ring (bicyclic) bond motifs is 1. The van der Waals surface area contributed by atoms with E-state index in [1.165, 1.54) is 10.9 Å². The molecule has 2 heterocycles. The minimum Gasteiger partial charge on any atom is -0.355 e. The number of hydrogen-bond acceptors (Lipinski definition) is 2. The molecule has 32 heavy (non-hydrogen) atoms. The molecule has 2 aliphatic rings. The summed E-state index contributed by atoms with van der Waals surface area (Å²) in [6.07, 6.45) is 2.29. The Kier molecular flexibility index (Phi) is 5.46. The summed E-state index contributed by atoms with van der Waals surface area (Å²) in [5.41, 5.74) is 2.31. The fourth-order valence-electron chi connectivity index (χ4n) is 5.83. The number of nitrogens with one attached hydrogen (secondary N) is 1. The number of piperidine rings is 2. The summed E-state index contributed by atoms with van der Waals surface area (Å²) in [4.78, 5) is 27.9. The first-order valence-electron chi connectivity index (χ1n) is 11.7. The average Bonchev–Trinajstić information content (AvgIpc) is 2.84. The topological polar surface area (TPSA) is 49.4 Å². The number of rotatable bonds is 3. The molecule has 5 rings (SSSR count). The molecule has 3 aromatic carbocycles. The van der Waals surface area contributed by atoms with Crippen molar-refractivity contribution in [1.29, 1.82) is 0 Å². The normalized spacial score (nSPS) is 21.3. The van der Waals surface area contributed by atoms with E-state index in [0.717, 1.165) is 23.8 Å². The molecule has 0 bridgehead atoms. The predicted octanol–water partition coefficient (Wildman–Crippen LogP) is 4.86. The van der Waals surface area contributed by atoms with Crippen LogP contribution in [0.1, 0.15) is 49.1 Å². The number of likely N-dealkylation sites (tertiary alicyclic amines) is 1. The van der Waals surface area contributed by atoms with Crippen molar-refractivity contribution in [2.45, 2.75) is 38.0 Å². The van der Waals surface area contributed by atoms with Crippen molar-refractivity contribution in [2.24, 2.45) is 5.41 Å². The zero-order valence-electron chi connectivity index (χ0n) is 18.6. The van der Waals surface area contributed by atoms with E-state index < -0.39 is 0 Å². The van der Waals surface area contributed by atoms with Gasteiger partial charge in [0.15, 0.2) is 0 Å². The lowest BCUT2D eigenvalue weighted by molar-refractivity contribution is -0.136. The summed E-state index contributed by atoms with van der Waals surface area (Å²) in [6, 6.07) is 25.0. The Hall–Kier alpha value is -3.14. The molecule has 0 aromatic heterocycles. The Morgan fingerprint density at radius 2 is 1.66 bits per heavy atom. The lowest BCUT2D eigenvalue weighted by atomic mass is 9.62. The molecule has 2 atom stereocenters. The molecule has 2 saturated heterocycles. The zero-order chi connectivity index (χ0) is 22.1. The van der Waals surface area contributed by atoms with Crippen molar-refractivity contribution in [3.05, 3.63) is 83.9 Å². The molecule has 1 spiro atoms. The summed E-state index contributed by atoms with van der Waals surface area (Å²) in [6.45, 7) is 4.13. The van der Waals surface area contributed by atoms with E-state index in [4.69, 9.17) is 0 Å². The van der Waals surface area contributed by atoms with E-state index >= 15 is 0 Å². The Morgan fingerprint density at radius 3 is 2.44 bits per heavy atom. The molecule has 1 N–H and O–H groups in total. The molecule has 2 aliphatic heterocycles. The number of carbonyl (C=O) groups is 2. The van der Waals surface area contributed by atoms with Gasteiger partial charge in [-0.05, 0) is 47.1 Å². The quantitative estimate of drug-likeness (QED) is 0.651. The summed E-state index contributed by atoms with van der Waals surface area (Å²) in [5.74, 6) is 0.442. The molecular formula is C28H30N2O2. The van der Waals surface area contributed by atoms with Crippen LogP contribution in [0.5, 0.6) is 0 Å². The second-order valence-electron chi connectivity index (χ2n) is 9.42. The summed E-state index contributed by atoms with van der Waals surface area (Å²) in [7, 11) is 0. The SMILES string of the molecule is C[C@H](C(=O)N1CCC2(CC1)CC(=O)NC[C@H]2c1ccccc1)c1cccc2ccccc12. The van der Waals surface area contributed by atoms with Crippen LogP contribution in [0.25, 0.3) is 10.8 Å². The van der Waals surface area contributed by atoms with Gasteiger partial charge in [-0.3, -0.25) is 9.59 Å². The van der Waals surface area contributed by atoms with E-state index in [9.17, 15) is 9.59 Å². The fourth-order valence-corrected chi connectivity index (χ4v) is 5.83. The third kappa shape index (κ3) is 3.68. The maximum Gasteiger partial charge on any atom is 0.229 e. The van der Waals surface area contributed by atoms with Crippen LogP contribution < -0.4 is 5.32 Å². The van der Waals surface area contributed by atoms with Gasteiger partial charge in [0.25, 0.3) is 0 Å². The van der Waals surface area contributed by atoms with Crippen LogP contribution in [-0.2, 0) is 9.59 Å². The first-order chi connectivity index (χ1) is 15.6. The summed E-state index contributed by atoms with van der Waals surface area (Å²) in [5, 5.41) is 5.39. The summed E-state index contributed by atoms with van der Waals surface area (Å²) >= 11 is 0. The molecule has 3 aromatic rings.